The van der Waals surface area contributed by atoms with Crippen molar-refractivity contribution in [3.63, 3.8) is 0 Å². The van der Waals surface area contributed by atoms with Gasteiger partial charge in [0, 0.05) is 12.1 Å². The van der Waals surface area contributed by atoms with Crippen molar-refractivity contribution in [2.45, 2.75) is 39.5 Å². The lowest BCUT2D eigenvalue weighted by atomic mass is 10.1. The van der Waals surface area contributed by atoms with Crippen molar-refractivity contribution in [2.24, 2.45) is 0 Å². The number of benzene rings is 2. The van der Waals surface area contributed by atoms with Gasteiger partial charge in [-0.25, -0.2) is 4.98 Å². The molecular formula is C21H22N4O4. The van der Waals surface area contributed by atoms with Crippen LogP contribution in [0.25, 0.3) is 11.0 Å². The zero-order chi connectivity index (χ0) is 20.5. The number of aryl methyl sites for hydroxylation is 2. The number of para-hydroxylation sites is 2. The molecule has 0 saturated heterocycles. The minimum absolute atomic E-state index is 0.401. The van der Waals surface area contributed by atoms with E-state index in [1.807, 2.05) is 26.0 Å². The van der Waals surface area contributed by atoms with Crippen LogP contribution >= 0.6 is 0 Å². The van der Waals surface area contributed by atoms with Gasteiger partial charge in [0.05, 0.1) is 11.0 Å². The average Bonchev–Trinajstić information content (AvgIpc) is 3.05. The second-order valence-electron chi connectivity index (χ2n) is 6.86. The van der Waals surface area contributed by atoms with E-state index in [9.17, 15) is 9.59 Å². The lowest BCUT2D eigenvalue weighted by molar-refractivity contribution is -0.134. The smallest absolute Gasteiger partial charge is 0.283 e. The Bertz CT molecular complexity index is 1090. The van der Waals surface area contributed by atoms with E-state index in [4.69, 9.17) is 9.47 Å². The number of ether oxygens (including phenoxy) is 2. The lowest BCUT2D eigenvalue weighted by Gasteiger charge is -2.30. The minimum atomic E-state index is -0.879. The zero-order valence-corrected chi connectivity index (χ0v) is 16.4. The topological polar surface area (TPSA) is 94.5 Å². The molecule has 8 heteroatoms. The summed E-state index contributed by atoms with van der Waals surface area (Å²) < 4.78 is 13.5. The average molecular weight is 394 g/mol. The van der Waals surface area contributed by atoms with Gasteiger partial charge in [0.1, 0.15) is 11.9 Å². The summed E-state index contributed by atoms with van der Waals surface area (Å²) in [7, 11) is 0. The first-order valence-electron chi connectivity index (χ1n) is 9.47. The maximum Gasteiger partial charge on any atom is 0.283 e. The Balaban J connectivity index is 1.43. The molecule has 0 unspecified atom stereocenters. The number of hydrazine groups is 1. The lowest BCUT2D eigenvalue weighted by Crippen LogP contribution is -2.53. The summed E-state index contributed by atoms with van der Waals surface area (Å²) in [6.45, 7) is 6.51. The molecule has 1 aliphatic heterocycles. The van der Waals surface area contributed by atoms with Crippen molar-refractivity contribution < 1.29 is 19.1 Å². The monoisotopic (exact) mass is 394 g/mol. The van der Waals surface area contributed by atoms with E-state index >= 15 is 0 Å². The molecule has 1 aromatic heterocycles. The summed E-state index contributed by atoms with van der Waals surface area (Å²) in [6.07, 6.45) is -1.38. The van der Waals surface area contributed by atoms with Crippen molar-refractivity contribution in [3.05, 3.63) is 53.9 Å². The maximum atomic E-state index is 12.5. The first kappa shape index (κ1) is 18.8. The van der Waals surface area contributed by atoms with Crippen LogP contribution in [0, 0.1) is 6.92 Å². The number of amides is 2. The largest absolute Gasteiger partial charge is 0.482 e. The van der Waals surface area contributed by atoms with Crippen LogP contribution < -0.4 is 20.3 Å². The van der Waals surface area contributed by atoms with E-state index in [1.165, 1.54) is 0 Å². The van der Waals surface area contributed by atoms with Crippen LogP contribution in [0.2, 0.25) is 0 Å². The molecule has 4 rings (SSSR count). The third kappa shape index (κ3) is 3.49. The molecule has 0 aliphatic carbocycles. The molecular weight excluding hydrogens is 372 g/mol. The first-order valence-corrected chi connectivity index (χ1v) is 9.47. The van der Waals surface area contributed by atoms with Gasteiger partial charge < -0.3 is 14.0 Å². The van der Waals surface area contributed by atoms with Crippen LogP contribution in [0.4, 0.5) is 0 Å². The molecule has 0 spiro atoms. The van der Waals surface area contributed by atoms with E-state index in [0.29, 0.717) is 17.1 Å². The molecule has 2 N–H and O–H groups in total. The second-order valence-corrected chi connectivity index (χ2v) is 6.86. The molecule has 0 fully saturated rings. The van der Waals surface area contributed by atoms with E-state index in [-0.39, 0.29) is 0 Å². The van der Waals surface area contributed by atoms with Crippen molar-refractivity contribution >= 4 is 22.8 Å². The van der Waals surface area contributed by atoms with Gasteiger partial charge in [-0.2, -0.15) is 0 Å². The Kier molecular flexibility index (Phi) is 4.84. The van der Waals surface area contributed by atoms with Crippen LogP contribution in [0.5, 0.6) is 11.5 Å². The van der Waals surface area contributed by atoms with E-state index in [0.717, 1.165) is 23.4 Å². The fourth-order valence-electron chi connectivity index (χ4n) is 3.46. The van der Waals surface area contributed by atoms with Gasteiger partial charge in [-0.05, 0) is 51.1 Å². The molecule has 2 atom stereocenters. The van der Waals surface area contributed by atoms with E-state index < -0.39 is 24.0 Å². The predicted molar refractivity (Wildman–Crippen MR) is 107 cm³/mol. The number of aromatic nitrogens is 2. The number of carbonyl (C=O) groups is 2. The molecule has 0 radical (unpaired) electrons. The van der Waals surface area contributed by atoms with Gasteiger partial charge in [0.15, 0.2) is 11.5 Å². The third-order valence-corrected chi connectivity index (χ3v) is 4.92. The number of carbonyl (C=O) groups excluding carboxylic acids is 2. The summed E-state index contributed by atoms with van der Waals surface area (Å²) in [5.41, 5.74) is 6.95. The van der Waals surface area contributed by atoms with Crippen LogP contribution in [0.3, 0.4) is 0 Å². The molecule has 2 aromatic carbocycles. The highest BCUT2D eigenvalue weighted by Gasteiger charge is 2.34. The molecule has 0 saturated carbocycles. The fourth-order valence-corrected chi connectivity index (χ4v) is 3.46. The molecule has 150 valence electrons. The van der Waals surface area contributed by atoms with Crippen LogP contribution in [-0.2, 0) is 11.3 Å². The summed E-state index contributed by atoms with van der Waals surface area (Å²) in [6, 6.07) is 12.4. The Labute approximate surface area is 167 Å². The molecule has 3 aromatic rings. The molecule has 2 heterocycles. The summed E-state index contributed by atoms with van der Waals surface area (Å²) in [5.74, 6) is 1.03. The van der Waals surface area contributed by atoms with Gasteiger partial charge in [-0.1, -0.05) is 12.1 Å². The van der Waals surface area contributed by atoms with E-state index in [1.54, 1.807) is 37.3 Å². The Morgan fingerprint density at radius 1 is 1.10 bits per heavy atom. The molecule has 0 bridgehead atoms. The quantitative estimate of drug-likeness (QED) is 0.665. The molecule has 29 heavy (non-hydrogen) atoms. The number of rotatable bonds is 3. The third-order valence-electron chi connectivity index (χ3n) is 4.92. The number of imidazole rings is 1. The standard InChI is InChI=1S/C21H22N4O4/c1-4-25-13(3)22-15-11-14(9-10-16(15)25)20(26)23-24-21(27)19-12(2)28-17-7-5-6-8-18(17)29-19/h5-12,19H,4H2,1-3H3,(H,23,26)(H,24,27)/t12-,19+/m0/s1. The van der Waals surface area contributed by atoms with Crippen LogP contribution in [0.15, 0.2) is 42.5 Å². The number of fused-ring (bicyclic) bond motifs is 2. The Hall–Kier alpha value is -3.55. The highest BCUT2D eigenvalue weighted by Crippen LogP contribution is 2.33. The van der Waals surface area contributed by atoms with Crippen molar-refractivity contribution in [3.8, 4) is 11.5 Å². The van der Waals surface area contributed by atoms with Gasteiger partial charge >= 0.3 is 0 Å². The second kappa shape index (κ2) is 7.46. The number of hydrogen-bond acceptors (Lipinski definition) is 5. The molecule has 8 nitrogen and oxygen atoms in total. The van der Waals surface area contributed by atoms with Crippen LogP contribution in [-0.4, -0.2) is 33.6 Å². The predicted octanol–water partition coefficient (Wildman–Crippen LogP) is 2.35. The van der Waals surface area contributed by atoms with Gasteiger partial charge in [0.2, 0.25) is 6.10 Å². The molecule has 1 aliphatic rings. The van der Waals surface area contributed by atoms with Crippen molar-refractivity contribution in [1.29, 1.82) is 0 Å². The van der Waals surface area contributed by atoms with E-state index in [2.05, 4.69) is 20.4 Å². The minimum Gasteiger partial charge on any atom is -0.482 e. The highest BCUT2D eigenvalue weighted by atomic mass is 16.6. The summed E-state index contributed by atoms with van der Waals surface area (Å²) in [4.78, 5) is 29.5. The summed E-state index contributed by atoms with van der Waals surface area (Å²) >= 11 is 0. The normalized spacial score (nSPS) is 17.8. The molecule has 2 amide bonds. The maximum absolute atomic E-state index is 12.5. The Morgan fingerprint density at radius 2 is 1.83 bits per heavy atom. The first-order chi connectivity index (χ1) is 14.0. The number of hydrogen-bond donors (Lipinski definition) is 2. The van der Waals surface area contributed by atoms with Crippen molar-refractivity contribution in [2.75, 3.05) is 0 Å². The van der Waals surface area contributed by atoms with Crippen LogP contribution in [0.1, 0.15) is 30.0 Å². The van der Waals surface area contributed by atoms with Gasteiger partial charge in [-0.15, -0.1) is 0 Å². The summed E-state index contributed by atoms with van der Waals surface area (Å²) in [5, 5.41) is 0. The number of nitrogens with zero attached hydrogens (tertiary/aromatic N) is 2. The SMILES string of the molecule is CCn1c(C)nc2cc(C(=O)NNC(=O)[C@@H]3Oc4ccccc4O[C@H]3C)ccc21. The highest BCUT2D eigenvalue weighted by molar-refractivity contribution is 5.98. The van der Waals surface area contributed by atoms with Gasteiger partial charge in [0.25, 0.3) is 11.8 Å². The van der Waals surface area contributed by atoms with Crippen molar-refractivity contribution in [1.82, 2.24) is 20.4 Å². The zero-order valence-electron chi connectivity index (χ0n) is 16.4. The fraction of sp³-hybridized carbons (Fsp3) is 0.286. The number of nitrogens with one attached hydrogen (secondary N) is 2. The van der Waals surface area contributed by atoms with Gasteiger partial charge in [-0.3, -0.25) is 20.4 Å². The Morgan fingerprint density at radius 3 is 2.55 bits per heavy atom.